The summed E-state index contributed by atoms with van der Waals surface area (Å²) < 4.78 is 0. The van der Waals surface area contributed by atoms with Gasteiger partial charge in [-0.1, -0.05) is 25.5 Å². The summed E-state index contributed by atoms with van der Waals surface area (Å²) in [5.41, 5.74) is 5.29. The lowest BCUT2D eigenvalue weighted by Crippen LogP contribution is -2.28. The highest BCUT2D eigenvalue weighted by atomic mass is 15.1. The summed E-state index contributed by atoms with van der Waals surface area (Å²) in [7, 11) is 0. The number of nitrogens with one attached hydrogen (secondary N) is 1. The molecule has 0 aromatic carbocycles. The van der Waals surface area contributed by atoms with E-state index in [0.29, 0.717) is 0 Å². The first-order valence-corrected chi connectivity index (χ1v) is 7.21. The summed E-state index contributed by atoms with van der Waals surface area (Å²) in [4.78, 5) is 10.2. The SMILES string of the molecule is CCC1=CCN(c2c[nH]c3nccc(CC)c23)CC1. The molecular weight excluding hydrogens is 234 g/mol. The van der Waals surface area contributed by atoms with Crippen LogP contribution in [0, 0.1) is 0 Å². The Hall–Kier alpha value is -1.77. The van der Waals surface area contributed by atoms with Crippen molar-refractivity contribution >= 4 is 16.7 Å². The average Bonchev–Trinajstić information content (AvgIpc) is 2.91. The predicted molar refractivity (Wildman–Crippen MR) is 80.7 cm³/mol. The Balaban J connectivity index is 2.00. The van der Waals surface area contributed by atoms with Gasteiger partial charge in [-0.15, -0.1) is 0 Å². The van der Waals surface area contributed by atoms with Crippen LogP contribution >= 0.6 is 0 Å². The number of hydrogen-bond acceptors (Lipinski definition) is 2. The van der Waals surface area contributed by atoms with Crippen molar-refractivity contribution in [2.24, 2.45) is 0 Å². The summed E-state index contributed by atoms with van der Waals surface area (Å²) in [5, 5.41) is 1.30. The number of fused-ring (bicyclic) bond motifs is 1. The molecule has 1 N–H and O–H groups in total. The first-order chi connectivity index (χ1) is 9.33. The van der Waals surface area contributed by atoms with E-state index in [4.69, 9.17) is 0 Å². The van der Waals surface area contributed by atoms with E-state index < -0.39 is 0 Å². The van der Waals surface area contributed by atoms with Gasteiger partial charge in [0, 0.05) is 30.9 Å². The highest BCUT2D eigenvalue weighted by Crippen LogP contribution is 2.31. The Labute approximate surface area is 114 Å². The Morgan fingerprint density at radius 1 is 1.32 bits per heavy atom. The molecule has 0 unspecified atom stereocenters. The highest BCUT2D eigenvalue weighted by molar-refractivity contribution is 5.93. The Morgan fingerprint density at radius 2 is 2.21 bits per heavy atom. The molecule has 0 radical (unpaired) electrons. The molecule has 3 nitrogen and oxygen atoms in total. The standard InChI is InChI=1S/C16H21N3/c1-3-12-6-9-19(10-7-12)14-11-18-16-15(14)13(4-2)5-8-17-16/h5-6,8,11H,3-4,7,9-10H2,1-2H3,(H,17,18). The number of H-pyrrole nitrogens is 1. The molecule has 0 aliphatic carbocycles. The molecular formula is C16H21N3. The fourth-order valence-electron chi connectivity index (χ4n) is 2.90. The molecule has 1 aliphatic rings. The maximum absolute atomic E-state index is 4.44. The van der Waals surface area contributed by atoms with Gasteiger partial charge in [-0.05, 0) is 30.9 Å². The summed E-state index contributed by atoms with van der Waals surface area (Å²) >= 11 is 0. The smallest absolute Gasteiger partial charge is 0.139 e. The lowest BCUT2D eigenvalue weighted by Gasteiger charge is -2.28. The molecule has 3 heterocycles. The normalized spacial score (nSPS) is 15.9. The highest BCUT2D eigenvalue weighted by Gasteiger charge is 2.17. The van der Waals surface area contributed by atoms with Gasteiger partial charge in [0.2, 0.25) is 0 Å². The van der Waals surface area contributed by atoms with Crippen LogP contribution in [0.15, 0.2) is 30.1 Å². The summed E-state index contributed by atoms with van der Waals surface area (Å²) in [6.45, 7) is 6.59. The third-order valence-electron chi connectivity index (χ3n) is 4.12. The summed E-state index contributed by atoms with van der Waals surface area (Å²) in [6, 6.07) is 2.14. The topological polar surface area (TPSA) is 31.9 Å². The number of aromatic nitrogens is 2. The summed E-state index contributed by atoms with van der Waals surface area (Å²) in [6.07, 6.45) is 9.81. The van der Waals surface area contributed by atoms with Gasteiger partial charge in [-0.2, -0.15) is 0 Å². The Kier molecular flexibility index (Phi) is 3.28. The fraction of sp³-hybridized carbons (Fsp3) is 0.438. The minimum absolute atomic E-state index is 1.01. The predicted octanol–water partition coefficient (Wildman–Crippen LogP) is 3.67. The zero-order valence-corrected chi connectivity index (χ0v) is 11.7. The number of rotatable bonds is 3. The molecule has 0 spiro atoms. The number of aromatic amines is 1. The molecule has 3 heteroatoms. The van der Waals surface area contributed by atoms with Crippen LogP contribution in [0.25, 0.3) is 11.0 Å². The van der Waals surface area contributed by atoms with Gasteiger partial charge in [0.05, 0.1) is 5.69 Å². The van der Waals surface area contributed by atoms with E-state index in [9.17, 15) is 0 Å². The Bertz CT molecular complexity index is 609. The van der Waals surface area contributed by atoms with Gasteiger partial charge in [0.1, 0.15) is 5.65 Å². The molecule has 0 bridgehead atoms. The van der Waals surface area contributed by atoms with Crippen LogP contribution < -0.4 is 4.90 Å². The van der Waals surface area contributed by atoms with Crippen LogP contribution in [0.5, 0.6) is 0 Å². The molecule has 3 rings (SSSR count). The van der Waals surface area contributed by atoms with E-state index in [2.05, 4.69) is 47.1 Å². The molecule has 2 aromatic rings. The lowest BCUT2D eigenvalue weighted by molar-refractivity contribution is 0.765. The zero-order chi connectivity index (χ0) is 13.2. The first-order valence-electron chi connectivity index (χ1n) is 7.21. The van der Waals surface area contributed by atoms with E-state index in [-0.39, 0.29) is 0 Å². The quantitative estimate of drug-likeness (QED) is 0.849. The Morgan fingerprint density at radius 3 is 2.89 bits per heavy atom. The minimum atomic E-state index is 1.01. The van der Waals surface area contributed by atoms with Gasteiger partial charge in [0.15, 0.2) is 0 Å². The first kappa shape index (κ1) is 12.3. The minimum Gasteiger partial charge on any atom is -0.366 e. The van der Waals surface area contributed by atoms with Crippen molar-refractivity contribution < 1.29 is 0 Å². The van der Waals surface area contributed by atoms with Crippen molar-refractivity contribution in [1.29, 1.82) is 0 Å². The van der Waals surface area contributed by atoms with Gasteiger partial charge < -0.3 is 9.88 Å². The number of aryl methyl sites for hydroxylation is 1. The van der Waals surface area contributed by atoms with Crippen molar-refractivity contribution in [2.75, 3.05) is 18.0 Å². The third kappa shape index (κ3) is 2.14. The van der Waals surface area contributed by atoms with Crippen LogP contribution in [-0.4, -0.2) is 23.1 Å². The number of hydrogen-bond donors (Lipinski definition) is 1. The van der Waals surface area contributed by atoms with Crippen LogP contribution in [0.3, 0.4) is 0 Å². The number of nitrogens with zero attached hydrogens (tertiary/aromatic N) is 2. The van der Waals surface area contributed by atoms with Crippen molar-refractivity contribution in [3.05, 3.63) is 35.7 Å². The van der Waals surface area contributed by atoms with E-state index >= 15 is 0 Å². The monoisotopic (exact) mass is 255 g/mol. The van der Waals surface area contributed by atoms with E-state index in [1.165, 1.54) is 29.5 Å². The van der Waals surface area contributed by atoms with E-state index in [1.54, 1.807) is 5.57 Å². The number of anilines is 1. The largest absolute Gasteiger partial charge is 0.366 e. The number of pyridine rings is 1. The fourth-order valence-corrected chi connectivity index (χ4v) is 2.90. The molecule has 0 fully saturated rings. The molecule has 19 heavy (non-hydrogen) atoms. The maximum Gasteiger partial charge on any atom is 0.139 e. The molecule has 0 amide bonds. The second-order valence-corrected chi connectivity index (χ2v) is 5.13. The second-order valence-electron chi connectivity index (χ2n) is 5.13. The molecule has 2 aromatic heterocycles. The van der Waals surface area contributed by atoms with Crippen molar-refractivity contribution in [3.8, 4) is 0 Å². The van der Waals surface area contributed by atoms with Crippen LogP contribution in [0.4, 0.5) is 5.69 Å². The van der Waals surface area contributed by atoms with Gasteiger partial charge in [-0.25, -0.2) is 4.98 Å². The van der Waals surface area contributed by atoms with Gasteiger partial charge in [0.25, 0.3) is 0 Å². The van der Waals surface area contributed by atoms with Crippen LogP contribution in [0.1, 0.15) is 32.3 Å². The third-order valence-corrected chi connectivity index (χ3v) is 4.12. The molecule has 1 aliphatic heterocycles. The zero-order valence-electron chi connectivity index (χ0n) is 11.7. The molecule has 0 atom stereocenters. The van der Waals surface area contributed by atoms with Crippen LogP contribution in [0.2, 0.25) is 0 Å². The lowest BCUT2D eigenvalue weighted by atomic mass is 10.0. The molecule has 0 saturated heterocycles. The van der Waals surface area contributed by atoms with Crippen molar-refractivity contribution in [1.82, 2.24) is 9.97 Å². The average molecular weight is 255 g/mol. The van der Waals surface area contributed by atoms with E-state index in [1.807, 2.05) is 6.20 Å². The molecule has 100 valence electrons. The van der Waals surface area contributed by atoms with Crippen LogP contribution in [-0.2, 0) is 6.42 Å². The van der Waals surface area contributed by atoms with Gasteiger partial charge >= 0.3 is 0 Å². The van der Waals surface area contributed by atoms with E-state index in [0.717, 1.165) is 25.2 Å². The second kappa shape index (κ2) is 5.08. The van der Waals surface area contributed by atoms with Gasteiger partial charge in [-0.3, -0.25) is 0 Å². The van der Waals surface area contributed by atoms with Crippen molar-refractivity contribution in [3.63, 3.8) is 0 Å². The van der Waals surface area contributed by atoms with Crippen molar-refractivity contribution in [2.45, 2.75) is 33.1 Å². The summed E-state index contributed by atoms with van der Waals surface area (Å²) in [5.74, 6) is 0. The maximum atomic E-state index is 4.44. The molecule has 0 saturated carbocycles.